The largest absolute Gasteiger partial charge is 0.374 e. The van der Waals surface area contributed by atoms with E-state index in [1.165, 1.54) is 5.56 Å². The van der Waals surface area contributed by atoms with Gasteiger partial charge < -0.3 is 15.7 Å². The molecule has 5 nitrogen and oxygen atoms in total. The van der Waals surface area contributed by atoms with Gasteiger partial charge in [-0.05, 0) is 36.1 Å². The summed E-state index contributed by atoms with van der Waals surface area (Å²) in [7, 11) is 0. The fourth-order valence-electron chi connectivity index (χ4n) is 5.58. The maximum atomic E-state index is 12.0. The van der Waals surface area contributed by atoms with E-state index in [9.17, 15) is 5.11 Å². The average Bonchev–Trinajstić information content (AvgIpc) is 3.03. The average molecular weight is 559 g/mol. The highest BCUT2D eigenvalue weighted by Gasteiger charge is 2.25. The first-order valence-corrected chi connectivity index (χ1v) is 15.0. The molecule has 0 aliphatic rings. The van der Waals surface area contributed by atoms with Gasteiger partial charge in [-0.1, -0.05) is 123 Å². The predicted octanol–water partition coefficient (Wildman–Crippen LogP) is 6.80. The lowest BCUT2D eigenvalue weighted by Gasteiger charge is -2.29. The molecule has 1 unspecified atom stereocenters. The Bertz CT molecular complexity index is 1520. The molecule has 1 aromatic heterocycles. The number of rotatable bonds is 14. The molecule has 4 aromatic carbocycles. The van der Waals surface area contributed by atoms with Crippen molar-refractivity contribution in [1.82, 2.24) is 20.9 Å². The highest BCUT2D eigenvalue weighted by molar-refractivity contribution is 5.87. The summed E-state index contributed by atoms with van der Waals surface area (Å²) in [6.07, 6.45) is 0.127. The van der Waals surface area contributed by atoms with E-state index < -0.39 is 6.23 Å². The molecule has 216 valence electrons. The highest BCUT2D eigenvalue weighted by atomic mass is 16.3. The second-order valence-corrected chi connectivity index (χ2v) is 11.1. The van der Waals surface area contributed by atoms with Crippen molar-refractivity contribution in [3.05, 3.63) is 138 Å². The number of aliphatic hydroxyl groups excluding tert-OH is 1. The van der Waals surface area contributed by atoms with Crippen LogP contribution in [0.3, 0.4) is 0 Å². The minimum absolute atomic E-state index is 0.0112. The molecule has 0 spiro atoms. The Balaban J connectivity index is 1.41. The summed E-state index contributed by atoms with van der Waals surface area (Å²) in [6.45, 7) is 7.55. The fraction of sp³-hybridized carbons (Fsp3) is 0.270. The van der Waals surface area contributed by atoms with Gasteiger partial charge in [-0.2, -0.15) is 0 Å². The number of hydrogen-bond donors (Lipinski definition) is 4. The summed E-state index contributed by atoms with van der Waals surface area (Å²) in [5.41, 5.74) is 7.21. The van der Waals surface area contributed by atoms with E-state index in [1.807, 2.05) is 42.5 Å². The van der Waals surface area contributed by atoms with E-state index in [1.54, 1.807) is 0 Å². The van der Waals surface area contributed by atoms with Crippen LogP contribution in [0, 0.1) is 5.92 Å². The van der Waals surface area contributed by atoms with Crippen molar-refractivity contribution in [2.75, 3.05) is 19.6 Å². The topological polar surface area (TPSA) is 69.2 Å². The second-order valence-electron chi connectivity index (χ2n) is 11.1. The first kappa shape index (κ1) is 29.6. The van der Waals surface area contributed by atoms with Crippen molar-refractivity contribution in [2.45, 2.75) is 39.1 Å². The van der Waals surface area contributed by atoms with Crippen molar-refractivity contribution in [3.63, 3.8) is 0 Å². The zero-order valence-electron chi connectivity index (χ0n) is 24.6. The molecule has 0 aliphatic carbocycles. The number of pyridine rings is 1. The van der Waals surface area contributed by atoms with E-state index in [4.69, 9.17) is 4.98 Å². The van der Waals surface area contributed by atoms with Crippen molar-refractivity contribution < 1.29 is 5.11 Å². The molecular formula is C37H42N4O. The van der Waals surface area contributed by atoms with E-state index in [0.29, 0.717) is 6.54 Å². The third-order valence-corrected chi connectivity index (χ3v) is 7.73. The van der Waals surface area contributed by atoms with Crippen LogP contribution >= 0.6 is 0 Å². The first-order chi connectivity index (χ1) is 20.6. The summed E-state index contributed by atoms with van der Waals surface area (Å²) in [4.78, 5) is 5.13. The first-order valence-electron chi connectivity index (χ1n) is 15.0. The van der Waals surface area contributed by atoms with Crippen molar-refractivity contribution >= 4 is 10.9 Å². The van der Waals surface area contributed by atoms with Gasteiger partial charge in [0.25, 0.3) is 0 Å². The second kappa shape index (κ2) is 14.9. The Morgan fingerprint density at radius 1 is 0.690 bits per heavy atom. The van der Waals surface area contributed by atoms with Crippen molar-refractivity contribution in [3.8, 4) is 11.3 Å². The molecule has 0 fully saturated rings. The molecule has 0 saturated heterocycles. The predicted molar refractivity (Wildman–Crippen MR) is 174 cm³/mol. The third-order valence-electron chi connectivity index (χ3n) is 7.73. The zero-order valence-corrected chi connectivity index (χ0v) is 24.6. The molecule has 1 heterocycles. The van der Waals surface area contributed by atoms with Gasteiger partial charge in [-0.25, -0.2) is 4.98 Å². The molecule has 5 rings (SSSR count). The molecule has 0 saturated carbocycles. The minimum atomic E-state index is -0.881. The molecule has 0 radical (unpaired) electrons. The molecule has 5 aromatic rings. The Kier molecular flexibility index (Phi) is 10.5. The summed E-state index contributed by atoms with van der Waals surface area (Å²) in [5.74, 6) is 0.285. The number of nitrogens with one attached hydrogen (secondary N) is 3. The molecule has 4 N–H and O–H groups in total. The lowest BCUT2D eigenvalue weighted by molar-refractivity contribution is 0.113. The van der Waals surface area contributed by atoms with Gasteiger partial charge in [-0.15, -0.1) is 0 Å². The Morgan fingerprint density at radius 2 is 1.31 bits per heavy atom. The van der Waals surface area contributed by atoms with Gasteiger partial charge in [0.1, 0.15) is 6.23 Å². The van der Waals surface area contributed by atoms with Crippen LogP contribution < -0.4 is 16.0 Å². The summed E-state index contributed by atoms with van der Waals surface area (Å²) >= 11 is 0. The number of benzene rings is 4. The number of hydrogen-bond acceptors (Lipinski definition) is 5. The SMILES string of the molecule is CC(C)[C@H](NC(O)c1c(CNCCNCCc2ccccc2)c(-c2ccccc2)nc2ccccc12)c1ccccc1. The Labute approximate surface area is 250 Å². The molecule has 5 heteroatoms. The summed E-state index contributed by atoms with van der Waals surface area (Å²) in [5, 5.41) is 23.7. The van der Waals surface area contributed by atoms with Crippen LogP contribution in [-0.4, -0.2) is 29.7 Å². The van der Waals surface area contributed by atoms with Gasteiger partial charge in [0, 0.05) is 47.8 Å². The molecule has 0 amide bonds. The third kappa shape index (κ3) is 7.50. The van der Waals surface area contributed by atoms with Crippen LogP contribution in [0.5, 0.6) is 0 Å². The van der Waals surface area contributed by atoms with Gasteiger partial charge in [-0.3, -0.25) is 5.32 Å². The Hall–Kier alpha value is -3.87. The molecule has 2 atom stereocenters. The number of aromatic nitrogens is 1. The lowest BCUT2D eigenvalue weighted by atomic mass is 9.92. The van der Waals surface area contributed by atoms with Crippen LogP contribution in [0.15, 0.2) is 115 Å². The van der Waals surface area contributed by atoms with E-state index >= 15 is 0 Å². The van der Waals surface area contributed by atoms with Gasteiger partial charge >= 0.3 is 0 Å². The number of aliphatic hydroxyl groups is 1. The van der Waals surface area contributed by atoms with Crippen molar-refractivity contribution in [2.24, 2.45) is 5.92 Å². The van der Waals surface area contributed by atoms with E-state index in [0.717, 1.165) is 64.9 Å². The Morgan fingerprint density at radius 3 is 2.02 bits per heavy atom. The van der Waals surface area contributed by atoms with Crippen LogP contribution in [0.1, 0.15) is 48.4 Å². The maximum Gasteiger partial charge on any atom is 0.132 e. The normalized spacial score (nSPS) is 13.0. The molecule has 0 aliphatic heterocycles. The van der Waals surface area contributed by atoms with Gasteiger partial charge in [0.2, 0.25) is 0 Å². The zero-order chi connectivity index (χ0) is 29.1. The molecule has 42 heavy (non-hydrogen) atoms. The van der Waals surface area contributed by atoms with Crippen LogP contribution in [0.25, 0.3) is 22.2 Å². The fourth-order valence-corrected chi connectivity index (χ4v) is 5.58. The van der Waals surface area contributed by atoms with Gasteiger partial charge in [0.15, 0.2) is 0 Å². The monoisotopic (exact) mass is 558 g/mol. The molecular weight excluding hydrogens is 516 g/mol. The number of para-hydroxylation sites is 1. The lowest BCUT2D eigenvalue weighted by Crippen LogP contribution is -2.32. The minimum Gasteiger partial charge on any atom is -0.374 e. The summed E-state index contributed by atoms with van der Waals surface area (Å²) < 4.78 is 0. The standard InChI is InChI=1S/C37H42N4O/c1-27(2)35(29-16-8-4-9-17-29)41-37(42)34-31-20-12-13-21-33(31)40-36(30-18-10-5-11-19-30)32(34)26-39-25-24-38-23-22-28-14-6-3-7-15-28/h3-21,27,35,37-39,41-42H,22-26H2,1-2H3/t35-,37?/m0/s1. The van der Waals surface area contributed by atoms with Crippen molar-refractivity contribution in [1.29, 1.82) is 0 Å². The number of fused-ring (bicyclic) bond motifs is 1. The highest BCUT2D eigenvalue weighted by Crippen LogP contribution is 2.35. The smallest absolute Gasteiger partial charge is 0.132 e. The van der Waals surface area contributed by atoms with Gasteiger partial charge in [0.05, 0.1) is 11.2 Å². The molecule has 0 bridgehead atoms. The maximum absolute atomic E-state index is 12.0. The van der Waals surface area contributed by atoms with E-state index in [2.05, 4.69) is 103 Å². The quantitative estimate of drug-likeness (QED) is 0.0891. The van der Waals surface area contributed by atoms with E-state index in [-0.39, 0.29) is 12.0 Å². The van der Waals surface area contributed by atoms with Crippen LogP contribution in [0.2, 0.25) is 0 Å². The number of nitrogens with zero attached hydrogens (tertiary/aromatic N) is 1. The summed E-state index contributed by atoms with van der Waals surface area (Å²) in [6, 6.07) is 39.3. The van der Waals surface area contributed by atoms with Crippen LogP contribution in [0.4, 0.5) is 0 Å². The van der Waals surface area contributed by atoms with Crippen LogP contribution in [-0.2, 0) is 13.0 Å².